The maximum Gasteiger partial charge on any atom is 0.229 e. The maximum atomic E-state index is 12.6. The first-order valence-electron chi connectivity index (χ1n) is 8.09. The van der Waals surface area contributed by atoms with Crippen LogP contribution in [0, 0.1) is 11.8 Å². The van der Waals surface area contributed by atoms with Crippen LogP contribution < -0.4 is 4.90 Å². The van der Waals surface area contributed by atoms with Crippen molar-refractivity contribution in [2.24, 2.45) is 11.8 Å². The lowest BCUT2D eigenvalue weighted by atomic mass is 9.94. The molecule has 0 spiro atoms. The molecule has 0 saturated carbocycles. The molecule has 2 rings (SSSR count). The second-order valence-corrected chi connectivity index (χ2v) is 6.49. The highest BCUT2D eigenvalue weighted by Gasteiger charge is 2.29. The van der Waals surface area contributed by atoms with E-state index in [1.54, 1.807) is 4.90 Å². The first-order chi connectivity index (χ1) is 10.5. The Bertz CT molecular complexity index is 505. The molecule has 1 aliphatic rings. The van der Waals surface area contributed by atoms with Crippen molar-refractivity contribution in [3.05, 3.63) is 30.3 Å². The summed E-state index contributed by atoms with van der Waals surface area (Å²) in [4.78, 5) is 28.3. The fourth-order valence-corrected chi connectivity index (χ4v) is 2.91. The molecule has 0 aliphatic carbocycles. The number of amides is 2. The molecule has 1 aromatic carbocycles. The second kappa shape index (κ2) is 7.43. The van der Waals surface area contributed by atoms with Crippen LogP contribution >= 0.6 is 0 Å². The van der Waals surface area contributed by atoms with Gasteiger partial charge < -0.3 is 9.80 Å². The molecule has 0 radical (unpaired) electrons. The van der Waals surface area contributed by atoms with Crippen molar-refractivity contribution in [1.29, 1.82) is 0 Å². The predicted molar refractivity (Wildman–Crippen MR) is 88.6 cm³/mol. The maximum absolute atomic E-state index is 12.6. The number of benzene rings is 1. The Balaban J connectivity index is 1.88. The van der Waals surface area contributed by atoms with Crippen LogP contribution in [0.4, 0.5) is 5.69 Å². The Morgan fingerprint density at radius 3 is 2.32 bits per heavy atom. The Labute approximate surface area is 133 Å². The predicted octanol–water partition coefficient (Wildman–Crippen LogP) is 2.93. The van der Waals surface area contributed by atoms with Crippen LogP contribution in [0.25, 0.3) is 0 Å². The van der Waals surface area contributed by atoms with Gasteiger partial charge in [0.2, 0.25) is 11.8 Å². The van der Waals surface area contributed by atoms with Crippen LogP contribution in [0.5, 0.6) is 0 Å². The van der Waals surface area contributed by atoms with E-state index in [0.29, 0.717) is 25.4 Å². The molecular weight excluding hydrogens is 276 g/mol. The van der Waals surface area contributed by atoms with Gasteiger partial charge in [0.15, 0.2) is 0 Å². The quantitative estimate of drug-likeness (QED) is 0.858. The van der Waals surface area contributed by atoms with Crippen molar-refractivity contribution < 1.29 is 9.59 Å². The molecule has 0 atom stereocenters. The lowest BCUT2D eigenvalue weighted by Crippen LogP contribution is -2.43. The summed E-state index contributed by atoms with van der Waals surface area (Å²) in [5.41, 5.74) is 0.922. The van der Waals surface area contributed by atoms with E-state index >= 15 is 0 Å². The van der Waals surface area contributed by atoms with Crippen LogP contribution in [-0.4, -0.2) is 36.9 Å². The third-order valence-electron chi connectivity index (χ3n) is 4.25. The standard InChI is InChI=1S/C18H26N2O2/c1-14(2)13-17(21)20-11-9-15(10-12-20)18(22)19(3)16-7-5-4-6-8-16/h4-8,14-15H,9-13H2,1-3H3. The number of hydrogen-bond acceptors (Lipinski definition) is 2. The third-order valence-corrected chi connectivity index (χ3v) is 4.25. The Kier molecular flexibility index (Phi) is 5.58. The van der Waals surface area contributed by atoms with Crippen molar-refractivity contribution in [2.75, 3.05) is 25.0 Å². The van der Waals surface area contributed by atoms with E-state index < -0.39 is 0 Å². The van der Waals surface area contributed by atoms with Gasteiger partial charge in [0.05, 0.1) is 0 Å². The Hall–Kier alpha value is -1.84. The van der Waals surface area contributed by atoms with Gasteiger partial charge in [0, 0.05) is 38.2 Å². The molecule has 0 unspecified atom stereocenters. The summed E-state index contributed by atoms with van der Waals surface area (Å²) >= 11 is 0. The number of rotatable bonds is 4. The largest absolute Gasteiger partial charge is 0.343 e. The monoisotopic (exact) mass is 302 g/mol. The summed E-state index contributed by atoms with van der Waals surface area (Å²) in [6.07, 6.45) is 2.13. The zero-order chi connectivity index (χ0) is 16.1. The third kappa shape index (κ3) is 4.09. The fraction of sp³-hybridized carbons (Fsp3) is 0.556. The normalized spacial score (nSPS) is 15.9. The number of likely N-dealkylation sites (tertiary alicyclic amines) is 1. The first-order valence-corrected chi connectivity index (χ1v) is 8.09. The van der Waals surface area contributed by atoms with Gasteiger partial charge in [0.25, 0.3) is 0 Å². The van der Waals surface area contributed by atoms with E-state index in [-0.39, 0.29) is 17.7 Å². The van der Waals surface area contributed by atoms with Gasteiger partial charge >= 0.3 is 0 Å². The summed E-state index contributed by atoms with van der Waals surface area (Å²) in [6, 6.07) is 9.71. The van der Waals surface area contributed by atoms with Gasteiger partial charge in [-0.05, 0) is 30.9 Å². The number of piperidine rings is 1. The molecule has 1 heterocycles. The highest BCUT2D eigenvalue weighted by molar-refractivity contribution is 5.94. The molecule has 0 N–H and O–H groups in total. The summed E-state index contributed by atoms with van der Waals surface area (Å²) < 4.78 is 0. The van der Waals surface area contributed by atoms with Crippen molar-refractivity contribution in [3.63, 3.8) is 0 Å². The van der Waals surface area contributed by atoms with E-state index in [9.17, 15) is 9.59 Å². The van der Waals surface area contributed by atoms with Crippen LogP contribution in [0.3, 0.4) is 0 Å². The van der Waals surface area contributed by atoms with Crippen molar-refractivity contribution in [3.8, 4) is 0 Å². The molecule has 22 heavy (non-hydrogen) atoms. The minimum Gasteiger partial charge on any atom is -0.343 e. The zero-order valence-electron chi connectivity index (χ0n) is 13.8. The number of nitrogens with zero attached hydrogens (tertiary/aromatic N) is 2. The van der Waals surface area contributed by atoms with Crippen LogP contribution in [0.15, 0.2) is 30.3 Å². The number of carbonyl (C=O) groups excluding carboxylic acids is 2. The molecule has 1 aromatic rings. The van der Waals surface area contributed by atoms with Crippen LogP contribution in [0.2, 0.25) is 0 Å². The van der Waals surface area contributed by atoms with Crippen molar-refractivity contribution in [2.45, 2.75) is 33.1 Å². The Morgan fingerprint density at radius 2 is 1.77 bits per heavy atom. The van der Waals surface area contributed by atoms with E-state index in [1.165, 1.54) is 0 Å². The minimum atomic E-state index is 0.0216. The molecular formula is C18H26N2O2. The highest BCUT2D eigenvalue weighted by atomic mass is 16.2. The summed E-state index contributed by atoms with van der Waals surface area (Å²) in [5.74, 6) is 0.781. The average Bonchev–Trinajstić information content (AvgIpc) is 2.54. The molecule has 0 bridgehead atoms. The van der Waals surface area contributed by atoms with E-state index in [2.05, 4.69) is 13.8 Å². The minimum absolute atomic E-state index is 0.0216. The van der Waals surface area contributed by atoms with Gasteiger partial charge in [-0.25, -0.2) is 0 Å². The van der Waals surface area contributed by atoms with Crippen molar-refractivity contribution >= 4 is 17.5 Å². The highest BCUT2D eigenvalue weighted by Crippen LogP contribution is 2.23. The van der Waals surface area contributed by atoms with E-state index in [0.717, 1.165) is 18.5 Å². The zero-order valence-corrected chi connectivity index (χ0v) is 13.8. The number of carbonyl (C=O) groups is 2. The lowest BCUT2D eigenvalue weighted by Gasteiger charge is -2.33. The molecule has 4 nitrogen and oxygen atoms in total. The topological polar surface area (TPSA) is 40.6 Å². The Morgan fingerprint density at radius 1 is 1.18 bits per heavy atom. The summed E-state index contributed by atoms with van der Waals surface area (Å²) in [5, 5.41) is 0. The van der Waals surface area contributed by atoms with E-state index in [1.807, 2.05) is 42.3 Å². The molecule has 0 aromatic heterocycles. The SMILES string of the molecule is CC(C)CC(=O)N1CCC(C(=O)N(C)c2ccccc2)CC1. The van der Waals surface area contributed by atoms with Crippen LogP contribution in [0.1, 0.15) is 33.1 Å². The summed E-state index contributed by atoms with van der Waals surface area (Å²) in [7, 11) is 1.83. The van der Waals surface area contributed by atoms with E-state index in [4.69, 9.17) is 0 Å². The first kappa shape index (κ1) is 16.5. The van der Waals surface area contributed by atoms with Gasteiger partial charge in [-0.15, -0.1) is 0 Å². The summed E-state index contributed by atoms with van der Waals surface area (Å²) in [6.45, 7) is 5.52. The van der Waals surface area contributed by atoms with Crippen molar-refractivity contribution in [1.82, 2.24) is 4.90 Å². The number of para-hydroxylation sites is 1. The molecule has 2 amide bonds. The molecule has 1 saturated heterocycles. The lowest BCUT2D eigenvalue weighted by molar-refractivity contribution is -0.135. The van der Waals surface area contributed by atoms with Gasteiger partial charge in [-0.3, -0.25) is 9.59 Å². The fourth-order valence-electron chi connectivity index (χ4n) is 2.91. The smallest absolute Gasteiger partial charge is 0.229 e. The van der Waals surface area contributed by atoms with Gasteiger partial charge in [-0.2, -0.15) is 0 Å². The second-order valence-electron chi connectivity index (χ2n) is 6.49. The van der Waals surface area contributed by atoms with Crippen LogP contribution in [-0.2, 0) is 9.59 Å². The molecule has 120 valence electrons. The number of hydrogen-bond donors (Lipinski definition) is 0. The average molecular weight is 302 g/mol. The molecule has 4 heteroatoms. The molecule has 1 aliphatic heterocycles. The molecule has 1 fully saturated rings. The van der Waals surface area contributed by atoms with Gasteiger partial charge in [0.1, 0.15) is 0 Å². The number of anilines is 1. The van der Waals surface area contributed by atoms with Gasteiger partial charge in [-0.1, -0.05) is 32.0 Å².